The highest BCUT2D eigenvalue weighted by Gasteiger charge is 2.03. The Labute approximate surface area is 151 Å². The van der Waals surface area contributed by atoms with E-state index in [1.807, 2.05) is 27.7 Å². The third kappa shape index (κ3) is 39.0. The van der Waals surface area contributed by atoms with Crippen LogP contribution in [0, 0.1) is 11.8 Å². The minimum absolute atomic E-state index is 0.0362. The summed E-state index contributed by atoms with van der Waals surface area (Å²) in [5.74, 6) is -0.312. The topological polar surface area (TPSA) is 107 Å². The van der Waals surface area contributed by atoms with Crippen molar-refractivity contribution in [2.45, 2.75) is 40.5 Å². The molecule has 23 heavy (non-hydrogen) atoms. The molecule has 11 heteroatoms. The molecule has 7 nitrogen and oxygen atoms in total. The Morgan fingerprint density at radius 3 is 1.57 bits per heavy atom. The van der Waals surface area contributed by atoms with Gasteiger partial charge < -0.3 is 9.84 Å². The van der Waals surface area contributed by atoms with Gasteiger partial charge in [0.2, 0.25) is 0 Å². The van der Waals surface area contributed by atoms with Gasteiger partial charge in [-0.25, -0.2) is 4.18 Å². The predicted molar refractivity (Wildman–Crippen MR) is 89.9 cm³/mol. The summed E-state index contributed by atoms with van der Waals surface area (Å²) in [6.45, 7) is 7.67. The standard InChI is InChI=1S/C6H11ClO2.C5H10O2.CH2Cl2O3S/c1-5(2)3-6(8)9-4-7;1-4(2)3-5(6)7;2-1-6-7(3,4)5/h5H,3-4H2,1-2H3;4H,3H2,1-2H3,(H,6,7);1H2. The molecule has 0 aromatic heterocycles. The molecule has 0 heterocycles. The average molecular weight is 418 g/mol. The number of hydrogen-bond acceptors (Lipinski definition) is 6. The first-order chi connectivity index (χ1) is 10.4. The number of carboxylic acid groups (broad SMARTS) is 1. The summed E-state index contributed by atoms with van der Waals surface area (Å²) >= 11 is 9.94. The number of carbonyl (C=O) groups excluding carboxylic acids is 1. The van der Waals surface area contributed by atoms with E-state index in [1.165, 1.54) is 0 Å². The zero-order valence-corrected chi connectivity index (χ0v) is 16.5. The molecule has 0 saturated carbocycles. The van der Waals surface area contributed by atoms with Gasteiger partial charge in [-0.3, -0.25) is 9.59 Å². The minimum atomic E-state index is -3.83. The number of carboxylic acids is 1. The predicted octanol–water partition coefficient (Wildman–Crippen LogP) is 3.57. The summed E-state index contributed by atoms with van der Waals surface area (Å²) in [4.78, 5) is 20.4. The fourth-order valence-corrected chi connectivity index (χ4v) is 1.71. The van der Waals surface area contributed by atoms with Gasteiger partial charge in [0.15, 0.2) is 6.07 Å². The first-order valence-corrected chi connectivity index (χ1v) is 9.74. The smallest absolute Gasteiger partial charge is 0.356 e. The van der Waals surface area contributed by atoms with Crippen molar-refractivity contribution in [1.29, 1.82) is 0 Å². The van der Waals surface area contributed by atoms with Crippen LogP contribution in [0.2, 0.25) is 0 Å². The number of alkyl halides is 2. The molecule has 0 aliphatic heterocycles. The number of rotatable bonds is 7. The lowest BCUT2D eigenvalue weighted by atomic mass is 10.1. The molecule has 0 atom stereocenters. The Hall–Kier alpha value is -0.280. The third-order valence-electron chi connectivity index (χ3n) is 1.56. The summed E-state index contributed by atoms with van der Waals surface area (Å²) in [5.41, 5.74) is 0. The maximum absolute atomic E-state index is 10.5. The molecule has 0 aromatic rings. The van der Waals surface area contributed by atoms with Gasteiger partial charge in [0, 0.05) is 23.5 Å². The fourth-order valence-electron chi connectivity index (χ4n) is 0.856. The van der Waals surface area contributed by atoms with E-state index in [1.54, 1.807) is 0 Å². The number of hydrogen-bond donors (Lipinski definition) is 1. The van der Waals surface area contributed by atoms with Crippen molar-refractivity contribution in [3.8, 4) is 0 Å². The van der Waals surface area contributed by atoms with E-state index < -0.39 is 21.4 Å². The molecule has 0 spiro atoms. The van der Waals surface area contributed by atoms with E-state index in [9.17, 15) is 18.0 Å². The molecule has 0 bridgehead atoms. The second kappa shape index (κ2) is 16.6. The quantitative estimate of drug-likeness (QED) is 0.383. The van der Waals surface area contributed by atoms with E-state index in [-0.39, 0.29) is 24.4 Å². The second-order valence-corrected chi connectivity index (χ2v) is 7.43. The molecule has 1 N–H and O–H groups in total. The molecule has 0 aromatic carbocycles. The first-order valence-electron chi connectivity index (χ1n) is 6.44. The fraction of sp³-hybridized carbons (Fsp3) is 0.833. The lowest BCUT2D eigenvalue weighted by Gasteiger charge is -2.01. The maximum atomic E-state index is 10.5. The molecule has 0 amide bonds. The molecule has 140 valence electrons. The summed E-state index contributed by atoms with van der Waals surface area (Å²) in [7, 11) is 0.665. The summed E-state index contributed by atoms with van der Waals surface area (Å²) in [6, 6.07) is -0.475. The van der Waals surface area contributed by atoms with Crippen molar-refractivity contribution in [2.24, 2.45) is 11.8 Å². The van der Waals surface area contributed by atoms with Crippen LogP contribution in [0.5, 0.6) is 0 Å². The average Bonchev–Trinajstić information content (AvgIpc) is 2.25. The van der Waals surface area contributed by atoms with Crippen molar-refractivity contribution < 1.29 is 32.0 Å². The summed E-state index contributed by atoms with van der Waals surface area (Å²) in [5, 5.41) is 8.08. The normalized spacial score (nSPS) is 10.3. The highest BCUT2D eigenvalue weighted by atomic mass is 35.7. The molecule has 0 radical (unpaired) electrons. The molecule has 0 saturated heterocycles. The van der Waals surface area contributed by atoms with Gasteiger partial charge in [0.1, 0.15) is 6.07 Å². The van der Waals surface area contributed by atoms with Crippen LogP contribution in [0.25, 0.3) is 0 Å². The van der Waals surface area contributed by atoms with Crippen LogP contribution in [0.1, 0.15) is 40.5 Å². The van der Waals surface area contributed by atoms with Crippen molar-refractivity contribution in [2.75, 3.05) is 12.1 Å². The summed E-state index contributed by atoms with van der Waals surface area (Å²) < 4.78 is 27.6. The van der Waals surface area contributed by atoms with Crippen LogP contribution >= 0.6 is 33.9 Å². The lowest BCUT2D eigenvalue weighted by molar-refractivity contribution is -0.142. The third-order valence-corrected chi connectivity index (χ3v) is 2.57. The lowest BCUT2D eigenvalue weighted by Crippen LogP contribution is -2.05. The van der Waals surface area contributed by atoms with Crippen LogP contribution in [0.4, 0.5) is 0 Å². The van der Waals surface area contributed by atoms with Gasteiger partial charge >= 0.3 is 21.3 Å². The maximum Gasteiger partial charge on any atom is 0.356 e. The van der Waals surface area contributed by atoms with Crippen LogP contribution in [0.3, 0.4) is 0 Å². The van der Waals surface area contributed by atoms with E-state index in [0.717, 1.165) is 0 Å². The number of halogens is 3. The van der Waals surface area contributed by atoms with Crippen molar-refractivity contribution in [3.05, 3.63) is 0 Å². The largest absolute Gasteiger partial charge is 0.481 e. The Kier molecular flexibility index (Phi) is 19.9. The highest BCUT2D eigenvalue weighted by molar-refractivity contribution is 8.10. The summed E-state index contributed by atoms with van der Waals surface area (Å²) in [6.07, 6.45) is 0.729. The van der Waals surface area contributed by atoms with E-state index in [2.05, 4.69) is 19.6 Å². The van der Waals surface area contributed by atoms with Crippen LogP contribution < -0.4 is 0 Å². The van der Waals surface area contributed by atoms with Crippen LogP contribution in [0.15, 0.2) is 0 Å². The van der Waals surface area contributed by atoms with Crippen LogP contribution in [-0.2, 0) is 27.8 Å². The van der Waals surface area contributed by atoms with Gasteiger partial charge in [-0.1, -0.05) is 50.9 Å². The highest BCUT2D eigenvalue weighted by Crippen LogP contribution is 2.00. The van der Waals surface area contributed by atoms with E-state index >= 15 is 0 Å². The second-order valence-electron chi connectivity index (χ2n) is 4.84. The monoisotopic (exact) mass is 416 g/mol. The molecule has 0 fully saturated rings. The van der Waals surface area contributed by atoms with Crippen molar-refractivity contribution in [1.82, 2.24) is 0 Å². The minimum Gasteiger partial charge on any atom is -0.481 e. The first kappa shape index (κ1) is 27.6. The molecular weight excluding hydrogens is 395 g/mol. The molecule has 0 aliphatic rings. The van der Waals surface area contributed by atoms with Gasteiger partial charge in [0.25, 0.3) is 0 Å². The zero-order valence-electron chi connectivity index (χ0n) is 13.4. The van der Waals surface area contributed by atoms with Gasteiger partial charge in [-0.15, -0.1) is 0 Å². The Balaban J connectivity index is -0.000000264. The van der Waals surface area contributed by atoms with Gasteiger partial charge in [0.05, 0.1) is 0 Å². The Bertz CT molecular complexity index is 411. The number of carbonyl (C=O) groups is 2. The zero-order chi connectivity index (χ0) is 19.1. The van der Waals surface area contributed by atoms with Crippen LogP contribution in [-0.4, -0.2) is 37.6 Å². The number of esters is 1. The number of aliphatic carboxylic acids is 1. The van der Waals surface area contributed by atoms with Crippen molar-refractivity contribution >= 4 is 55.2 Å². The Morgan fingerprint density at radius 2 is 1.43 bits per heavy atom. The van der Waals surface area contributed by atoms with E-state index in [4.69, 9.17) is 28.3 Å². The molecule has 0 rings (SSSR count). The van der Waals surface area contributed by atoms with Gasteiger partial charge in [-0.2, -0.15) is 8.42 Å². The number of ether oxygens (including phenoxy) is 1. The molecule has 0 unspecified atom stereocenters. The molecular formula is C12H23Cl3O7S. The van der Waals surface area contributed by atoms with E-state index in [0.29, 0.717) is 12.3 Å². The molecule has 0 aliphatic carbocycles. The SMILES string of the molecule is CC(C)CC(=O)O.CC(C)CC(=O)OCCl.O=S(=O)(Cl)OCCl. The van der Waals surface area contributed by atoms with Gasteiger partial charge in [-0.05, 0) is 11.8 Å². The van der Waals surface area contributed by atoms with Crippen molar-refractivity contribution in [3.63, 3.8) is 0 Å². The Morgan fingerprint density at radius 1 is 1.00 bits per heavy atom.